The molecule has 21 heavy (non-hydrogen) atoms. The predicted octanol–water partition coefficient (Wildman–Crippen LogP) is 3.95. The molecule has 0 bridgehead atoms. The summed E-state index contributed by atoms with van der Waals surface area (Å²) in [6.45, 7) is 3.49. The topological polar surface area (TPSA) is 52.6 Å². The normalized spacial score (nSPS) is 10.5. The Morgan fingerprint density at radius 3 is 2.24 bits per heavy atom. The first kappa shape index (κ1) is 17.5. The third-order valence-corrected chi connectivity index (χ3v) is 3.04. The minimum Gasteiger partial charge on any atom is -0.423 e. The zero-order valence-electron chi connectivity index (χ0n) is 12.4. The minimum absolute atomic E-state index is 0.246. The van der Waals surface area contributed by atoms with E-state index < -0.39 is 0 Å². The van der Waals surface area contributed by atoms with E-state index in [9.17, 15) is 9.59 Å². The number of ether oxygens (including phenoxy) is 2. The van der Waals surface area contributed by atoms with E-state index in [1.54, 1.807) is 38.1 Å². The van der Waals surface area contributed by atoms with Crippen molar-refractivity contribution in [1.82, 2.24) is 0 Å². The standard InChI is InChI=1S/C16H21ClO4/c1-12(2)16(19)21-14-9-6-5-8-13(14)20-15(18)10-4-3-7-11-17/h5-6,8-9,12H,3-4,7,10-11H2,1-2H3. The van der Waals surface area contributed by atoms with Crippen LogP contribution in [-0.2, 0) is 9.59 Å². The quantitative estimate of drug-likeness (QED) is 0.315. The van der Waals surface area contributed by atoms with Gasteiger partial charge in [-0.15, -0.1) is 11.6 Å². The first-order valence-corrected chi connectivity index (χ1v) is 7.65. The Bertz CT molecular complexity index is 471. The zero-order valence-corrected chi connectivity index (χ0v) is 13.2. The van der Waals surface area contributed by atoms with Crippen LogP contribution in [0.3, 0.4) is 0 Å². The second-order valence-corrected chi connectivity index (χ2v) is 5.37. The molecule has 0 aliphatic rings. The van der Waals surface area contributed by atoms with Gasteiger partial charge < -0.3 is 9.47 Å². The Morgan fingerprint density at radius 2 is 1.67 bits per heavy atom. The third-order valence-electron chi connectivity index (χ3n) is 2.77. The lowest BCUT2D eigenvalue weighted by Gasteiger charge is -2.11. The number of benzene rings is 1. The lowest BCUT2D eigenvalue weighted by atomic mass is 10.2. The molecular formula is C16H21ClO4. The molecule has 0 unspecified atom stereocenters. The molecule has 0 aromatic heterocycles. The highest BCUT2D eigenvalue weighted by molar-refractivity contribution is 6.17. The van der Waals surface area contributed by atoms with Gasteiger partial charge in [0, 0.05) is 12.3 Å². The van der Waals surface area contributed by atoms with Gasteiger partial charge in [-0.25, -0.2) is 0 Å². The molecule has 0 amide bonds. The van der Waals surface area contributed by atoms with Crippen LogP contribution in [0.1, 0.15) is 39.5 Å². The highest BCUT2D eigenvalue weighted by atomic mass is 35.5. The van der Waals surface area contributed by atoms with Crippen molar-refractivity contribution in [1.29, 1.82) is 0 Å². The Kier molecular flexibility index (Phi) is 7.83. The van der Waals surface area contributed by atoms with Gasteiger partial charge >= 0.3 is 11.9 Å². The van der Waals surface area contributed by atoms with Gasteiger partial charge in [0.05, 0.1) is 5.92 Å². The van der Waals surface area contributed by atoms with Gasteiger partial charge in [-0.3, -0.25) is 9.59 Å². The number of hydrogen-bond donors (Lipinski definition) is 0. The maximum atomic E-state index is 11.8. The summed E-state index contributed by atoms with van der Waals surface area (Å²) in [6.07, 6.45) is 2.84. The molecule has 0 spiro atoms. The summed E-state index contributed by atoms with van der Waals surface area (Å²) >= 11 is 5.58. The van der Waals surface area contributed by atoms with E-state index in [0.717, 1.165) is 19.3 Å². The van der Waals surface area contributed by atoms with Crippen molar-refractivity contribution in [3.8, 4) is 11.5 Å². The van der Waals surface area contributed by atoms with Crippen LogP contribution < -0.4 is 9.47 Å². The molecule has 0 aliphatic carbocycles. The van der Waals surface area contributed by atoms with E-state index in [4.69, 9.17) is 21.1 Å². The Balaban J connectivity index is 2.58. The first-order chi connectivity index (χ1) is 10.0. The van der Waals surface area contributed by atoms with Gasteiger partial charge in [-0.05, 0) is 25.0 Å². The van der Waals surface area contributed by atoms with Crippen LogP contribution >= 0.6 is 11.6 Å². The molecule has 1 aromatic carbocycles. The van der Waals surface area contributed by atoms with E-state index in [-0.39, 0.29) is 29.4 Å². The number of halogens is 1. The molecule has 0 saturated heterocycles. The molecule has 0 saturated carbocycles. The molecule has 0 N–H and O–H groups in total. The summed E-state index contributed by atoms with van der Waals surface area (Å²) in [6, 6.07) is 6.67. The van der Waals surface area contributed by atoms with Gasteiger partial charge in [-0.1, -0.05) is 32.4 Å². The van der Waals surface area contributed by atoms with E-state index >= 15 is 0 Å². The maximum Gasteiger partial charge on any atom is 0.313 e. The summed E-state index contributed by atoms with van der Waals surface area (Å²) in [5, 5.41) is 0. The van der Waals surface area contributed by atoms with Crippen LogP contribution in [0.5, 0.6) is 11.5 Å². The maximum absolute atomic E-state index is 11.8. The van der Waals surface area contributed by atoms with Crippen LogP contribution in [0.15, 0.2) is 24.3 Å². The zero-order chi connectivity index (χ0) is 15.7. The molecule has 0 atom stereocenters. The average Bonchev–Trinajstić information content (AvgIpc) is 2.45. The Labute approximate surface area is 130 Å². The molecule has 1 rings (SSSR count). The monoisotopic (exact) mass is 312 g/mol. The fourth-order valence-corrected chi connectivity index (χ4v) is 1.75. The summed E-state index contributed by atoms with van der Waals surface area (Å²) in [5.74, 6) is 0.199. The lowest BCUT2D eigenvalue weighted by Crippen LogP contribution is -2.16. The minimum atomic E-state index is -0.361. The number of para-hydroxylation sites is 2. The molecule has 0 fully saturated rings. The largest absolute Gasteiger partial charge is 0.423 e. The number of carbonyl (C=O) groups is 2. The predicted molar refractivity (Wildman–Crippen MR) is 81.7 cm³/mol. The van der Waals surface area contributed by atoms with Gasteiger partial charge in [0.15, 0.2) is 11.5 Å². The van der Waals surface area contributed by atoms with Gasteiger partial charge in [0.1, 0.15) is 0 Å². The molecule has 116 valence electrons. The van der Waals surface area contributed by atoms with Crippen LogP contribution in [0.25, 0.3) is 0 Å². The first-order valence-electron chi connectivity index (χ1n) is 7.12. The highest BCUT2D eigenvalue weighted by Crippen LogP contribution is 2.27. The smallest absolute Gasteiger partial charge is 0.313 e. The van der Waals surface area contributed by atoms with Crippen LogP contribution in [0, 0.1) is 5.92 Å². The number of carbonyl (C=O) groups excluding carboxylic acids is 2. The second kappa shape index (κ2) is 9.40. The molecule has 0 aliphatic heterocycles. The summed E-state index contributed by atoms with van der Waals surface area (Å²) in [7, 11) is 0. The number of hydrogen-bond acceptors (Lipinski definition) is 4. The number of esters is 2. The van der Waals surface area contributed by atoms with Gasteiger partial charge in [0.25, 0.3) is 0 Å². The highest BCUT2D eigenvalue weighted by Gasteiger charge is 2.15. The SMILES string of the molecule is CC(C)C(=O)Oc1ccccc1OC(=O)CCCCCCl. The van der Waals surface area contributed by atoms with Crippen molar-refractivity contribution in [2.24, 2.45) is 5.92 Å². The van der Waals surface area contributed by atoms with Gasteiger partial charge in [0.2, 0.25) is 0 Å². The molecule has 4 nitrogen and oxygen atoms in total. The van der Waals surface area contributed by atoms with E-state index in [1.165, 1.54) is 0 Å². The molecule has 0 heterocycles. The van der Waals surface area contributed by atoms with Crippen molar-refractivity contribution in [2.75, 3.05) is 5.88 Å². The lowest BCUT2D eigenvalue weighted by molar-refractivity contribution is -0.139. The summed E-state index contributed by atoms with van der Waals surface area (Å²) in [4.78, 5) is 23.4. The second-order valence-electron chi connectivity index (χ2n) is 5.00. The molecule has 5 heteroatoms. The fraction of sp³-hybridized carbons (Fsp3) is 0.500. The summed E-state index contributed by atoms with van der Waals surface area (Å²) < 4.78 is 10.5. The number of unbranched alkanes of at least 4 members (excludes halogenated alkanes) is 2. The van der Waals surface area contributed by atoms with Crippen molar-refractivity contribution >= 4 is 23.5 Å². The number of alkyl halides is 1. The van der Waals surface area contributed by atoms with Crippen LogP contribution in [-0.4, -0.2) is 17.8 Å². The van der Waals surface area contributed by atoms with Crippen molar-refractivity contribution in [3.05, 3.63) is 24.3 Å². The Hall–Kier alpha value is -1.55. The Morgan fingerprint density at radius 1 is 1.05 bits per heavy atom. The molecular weight excluding hydrogens is 292 g/mol. The van der Waals surface area contributed by atoms with E-state index in [2.05, 4.69) is 0 Å². The van der Waals surface area contributed by atoms with E-state index in [0.29, 0.717) is 12.3 Å². The van der Waals surface area contributed by atoms with Crippen LogP contribution in [0.2, 0.25) is 0 Å². The van der Waals surface area contributed by atoms with Crippen molar-refractivity contribution in [3.63, 3.8) is 0 Å². The average molecular weight is 313 g/mol. The van der Waals surface area contributed by atoms with Crippen molar-refractivity contribution in [2.45, 2.75) is 39.5 Å². The number of rotatable bonds is 8. The summed E-state index contributed by atoms with van der Waals surface area (Å²) in [5.41, 5.74) is 0. The van der Waals surface area contributed by atoms with Crippen LogP contribution in [0.4, 0.5) is 0 Å². The fourth-order valence-electron chi connectivity index (χ4n) is 1.56. The van der Waals surface area contributed by atoms with E-state index in [1.807, 2.05) is 0 Å². The van der Waals surface area contributed by atoms with Crippen molar-refractivity contribution < 1.29 is 19.1 Å². The molecule has 1 aromatic rings. The van der Waals surface area contributed by atoms with Gasteiger partial charge in [-0.2, -0.15) is 0 Å². The third kappa shape index (κ3) is 6.63. The molecule has 0 radical (unpaired) electrons.